The van der Waals surface area contributed by atoms with E-state index < -0.39 is 24.7 Å². The van der Waals surface area contributed by atoms with Crippen molar-refractivity contribution in [2.75, 3.05) is 50.7 Å². The first-order valence-corrected chi connectivity index (χ1v) is 9.33. The number of amides is 1. The summed E-state index contributed by atoms with van der Waals surface area (Å²) in [6, 6.07) is -0.275. The quantitative estimate of drug-likeness (QED) is 0.701. The van der Waals surface area contributed by atoms with Gasteiger partial charge in [-0.25, -0.2) is 9.97 Å². The smallest absolute Gasteiger partial charge is 0.349 e. The molecule has 29 heavy (non-hydrogen) atoms. The fourth-order valence-electron chi connectivity index (χ4n) is 3.45. The van der Waals surface area contributed by atoms with E-state index in [-0.39, 0.29) is 30.5 Å². The summed E-state index contributed by atoms with van der Waals surface area (Å²) in [4.78, 5) is 24.2. The highest BCUT2D eigenvalue weighted by Crippen LogP contribution is 2.25. The molecule has 0 spiro atoms. The number of piperazine rings is 1. The highest BCUT2D eigenvalue weighted by molar-refractivity contribution is 5.92. The van der Waals surface area contributed by atoms with Crippen LogP contribution in [0, 0.1) is 0 Å². The van der Waals surface area contributed by atoms with Gasteiger partial charge in [0.15, 0.2) is 0 Å². The zero-order chi connectivity index (χ0) is 19.3. The van der Waals surface area contributed by atoms with Crippen molar-refractivity contribution in [3.63, 3.8) is 0 Å². The molecule has 1 aromatic rings. The molecule has 3 rings (SSSR count). The minimum absolute atomic E-state index is 0. The van der Waals surface area contributed by atoms with Crippen LogP contribution >= 0.6 is 24.8 Å². The molecule has 0 saturated carbocycles. The number of nitrogens with one attached hydrogen (secondary N) is 2. The first-order chi connectivity index (χ1) is 12.9. The Kier molecular flexibility index (Phi) is 10.4. The standard InChI is InChI=1S/C17H25F3N6O.2ClH/c18-17(19,20)14(25-10-6-21-7-11-25)12-23-15(27)13-4-5-22-16(24-13)26-8-2-1-3-9-26;;/h4-5,14,21H,1-3,6-12H2,(H,23,27);2*1H. The van der Waals surface area contributed by atoms with E-state index in [1.54, 1.807) is 0 Å². The average molecular weight is 459 g/mol. The number of hydrogen-bond acceptors (Lipinski definition) is 6. The topological polar surface area (TPSA) is 73.4 Å². The van der Waals surface area contributed by atoms with Crippen molar-refractivity contribution in [3.8, 4) is 0 Å². The molecule has 1 aromatic heterocycles. The van der Waals surface area contributed by atoms with Crippen molar-refractivity contribution in [1.82, 2.24) is 25.5 Å². The molecule has 12 heteroatoms. The van der Waals surface area contributed by atoms with Gasteiger partial charge in [0.25, 0.3) is 5.91 Å². The van der Waals surface area contributed by atoms with Crippen LogP contribution in [-0.4, -0.2) is 78.8 Å². The van der Waals surface area contributed by atoms with E-state index >= 15 is 0 Å². The van der Waals surface area contributed by atoms with Crippen molar-refractivity contribution in [3.05, 3.63) is 18.0 Å². The summed E-state index contributed by atoms with van der Waals surface area (Å²) in [5.74, 6) is -0.156. The first kappa shape index (κ1) is 25.7. The SMILES string of the molecule is Cl.Cl.O=C(NCC(N1CCNCC1)C(F)(F)F)c1ccnc(N2CCCCC2)n1. The van der Waals surface area contributed by atoms with Crippen LogP contribution in [0.2, 0.25) is 0 Å². The van der Waals surface area contributed by atoms with Gasteiger partial charge in [0.1, 0.15) is 11.7 Å². The Morgan fingerprint density at radius 3 is 2.41 bits per heavy atom. The third-order valence-corrected chi connectivity index (χ3v) is 4.94. The lowest BCUT2D eigenvalue weighted by Gasteiger charge is -2.35. The Hall–Kier alpha value is -1.36. The fraction of sp³-hybridized carbons (Fsp3) is 0.706. The second kappa shape index (κ2) is 11.7. The summed E-state index contributed by atoms with van der Waals surface area (Å²) >= 11 is 0. The number of aromatic nitrogens is 2. The van der Waals surface area contributed by atoms with Crippen LogP contribution in [0.5, 0.6) is 0 Å². The number of halogens is 5. The van der Waals surface area contributed by atoms with E-state index in [9.17, 15) is 18.0 Å². The van der Waals surface area contributed by atoms with Crippen LogP contribution in [0.3, 0.4) is 0 Å². The average Bonchev–Trinajstić information content (AvgIpc) is 2.68. The predicted octanol–water partition coefficient (Wildman–Crippen LogP) is 1.88. The highest BCUT2D eigenvalue weighted by Gasteiger charge is 2.43. The molecule has 0 aromatic carbocycles. The third kappa shape index (κ3) is 7.13. The van der Waals surface area contributed by atoms with Crippen molar-refractivity contribution in [2.45, 2.75) is 31.5 Å². The molecule has 3 heterocycles. The van der Waals surface area contributed by atoms with Crippen molar-refractivity contribution in [2.24, 2.45) is 0 Å². The third-order valence-electron chi connectivity index (χ3n) is 4.94. The van der Waals surface area contributed by atoms with E-state index in [0.29, 0.717) is 32.1 Å². The van der Waals surface area contributed by atoms with Crippen LogP contribution < -0.4 is 15.5 Å². The zero-order valence-electron chi connectivity index (χ0n) is 16.0. The van der Waals surface area contributed by atoms with E-state index in [2.05, 4.69) is 20.6 Å². The van der Waals surface area contributed by atoms with Gasteiger partial charge in [0.05, 0.1) is 0 Å². The molecule has 1 atom stereocenters. The molecule has 2 N–H and O–H groups in total. The molecule has 166 valence electrons. The summed E-state index contributed by atoms with van der Waals surface area (Å²) in [5, 5.41) is 5.43. The van der Waals surface area contributed by atoms with Crippen LogP contribution in [0.4, 0.5) is 19.1 Å². The van der Waals surface area contributed by atoms with Gasteiger partial charge >= 0.3 is 6.18 Å². The Labute approximate surface area is 180 Å². The normalized spacial score (nSPS) is 18.9. The largest absolute Gasteiger partial charge is 0.405 e. The zero-order valence-corrected chi connectivity index (χ0v) is 17.6. The highest BCUT2D eigenvalue weighted by atomic mass is 35.5. The summed E-state index contributed by atoms with van der Waals surface area (Å²) in [6.45, 7) is 2.76. The van der Waals surface area contributed by atoms with Crippen molar-refractivity contribution < 1.29 is 18.0 Å². The van der Waals surface area contributed by atoms with Gasteiger partial charge < -0.3 is 15.5 Å². The fourth-order valence-corrected chi connectivity index (χ4v) is 3.45. The van der Waals surface area contributed by atoms with Gasteiger partial charge in [-0.05, 0) is 25.3 Å². The lowest BCUT2D eigenvalue weighted by molar-refractivity contribution is -0.183. The Morgan fingerprint density at radius 2 is 1.79 bits per heavy atom. The maximum atomic E-state index is 13.4. The van der Waals surface area contributed by atoms with Gasteiger partial charge in [0, 0.05) is 52.0 Å². The Morgan fingerprint density at radius 1 is 1.14 bits per heavy atom. The van der Waals surface area contributed by atoms with Gasteiger partial charge in [-0.1, -0.05) is 0 Å². The van der Waals surface area contributed by atoms with Gasteiger partial charge in [-0.3, -0.25) is 9.69 Å². The molecule has 0 radical (unpaired) electrons. The molecule has 2 aliphatic rings. The van der Waals surface area contributed by atoms with Crippen LogP contribution in [-0.2, 0) is 0 Å². The van der Waals surface area contributed by atoms with E-state index in [1.807, 2.05) is 4.90 Å². The molecule has 2 saturated heterocycles. The molecule has 7 nitrogen and oxygen atoms in total. The number of rotatable bonds is 5. The number of nitrogens with zero attached hydrogens (tertiary/aromatic N) is 4. The number of piperidine rings is 1. The molecule has 2 fully saturated rings. The van der Waals surface area contributed by atoms with E-state index in [1.165, 1.54) is 17.2 Å². The summed E-state index contributed by atoms with van der Waals surface area (Å²) < 4.78 is 40.3. The van der Waals surface area contributed by atoms with Crippen molar-refractivity contribution >= 4 is 36.7 Å². The van der Waals surface area contributed by atoms with Crippen LogP contribution in [0.1, 0.15) is 29.8 Å². The van der Waals surface area contributed by atoms with Gasteiger partial charge in [0.2, 0.25) is 5.95 Å². The Balaban J connectivity index is 0.00000210. The number of hydrogen-bond donors (Lipinski definition) is 2. The van der Waals surface area contributed by atoms with Crippen molar-refractivity contribution in [1.29, 1.82) is 0 Å². The molecule has 2 aliphatic heterocycles. The molecule has 1 unspecified atom stereocenters. The minimum Gasteiger partial charge on any atom is -0.349 e. The second-order valence-corrected chi connectivity index (χ2v) is 6.84. The number of carbonyl (C=O) groups excluding carboxylic acids is 1. The molecular weight excluding hydrogens is 432 g/mol. The molecule has 0 aliphatic carbocycles. The van der Waals surface area contributed by atoms with Crippen LogP contribution in [0.15, 0.2) is 12.3 Å². The predicted molar refractivity (Wildman–Crippen MR) is 109 cm³/mol. The van der Waals surface area contributed by atoms with E-state index in [0.717, 1.165) is 32.4 Å². The summed E-state index contributed by atoms with van der Waals surface area (Å²) in [7, 11) is 0. The summed E-state index contributed by atoms with van der Waals surface area (Å²) in [6.07, 6.45) is 0.301. The van der Waals surface area contributed by atoms with E-state index in [4.69, 9.17) is 0 Å². The van der Waals surface area contributed by atoms with Gasteiger partial charge in [-0.15, -0.1) is 24.8 Å². The van der Waals surface area contributed by atoms with Crippen LogP contribution in [0.25, 0.3) is 0 Å². The number of alkyl halides is 3. The molecule has 1 amide bonds. The van der Waals surface area contributed by atoms with Gasteiger partial charge in [-0.2, -0.15) is 13.2 Å². The number of anilines is 1. The maximum absolute atomic E-state index is 13.4. The number of carbonyl (C=O) groups is 1. The monoisotopic (exact) mass is 458 g/mol. The lowest BCUT2D eigenvalue weighted by Crippen LogP contribution is -2.57. The summed E-state index contributed by atoms with van der Waals surface area (Å²) in [5.41, 5.74) is 0.0896. The second-order valence-electron chi connectivity index (χ2n) is 6.84. The minimum atomic E-state index is -4.41. The first-order valence-electron chi connectivity index (χ1n) is 9.33. The lowest BCUT2D eigenvalue weighted by atomic mass is 10.1. The Bertz CT molecular complexity index is 640. The molecule has 0 bridgehead atoms. The maximum Gasteiger partial charge on any atom is 0.405 e. The molecular formula is C17H27Cl2F3N6O.